The Bertz CT molecular complexity index is 853. The maximum absolute atomic E-state index is 10.7. The van der Waals surface area contributed by atoms with Crippen molar-refractivity contribution in [1.29, 1.82) is 0 Å². The van der Waals surface area contributed by atoms with Crippen molar-refractivity contribution in [2.45, 2.75) is 2.14 Å². The van der Waals surface area contributed by atoms with E-state index in [0.717, 1.165) is 19.6 Å². The number of carboxylic acids is 8. The van der Waals surface area contributed by atoms with E-state index in [2.05, 4.69) is 0 Å². The van der Waals surface area contributed by atoms with E-state index >= 15 is 0 Å². The van der Waals surface area contributed by atoms with E-state index in [0.29, 0.717) is 0 Å². The van der Waals surface area contributed by atoms with Gasteiger partial charge in [-0.1, -0.05) is 0 Å². The number of hydrogen-bond donors (Lipinski definition) is 6. The molecule has 0 fully saturated rings. The molecule has 0 aliphatic carbocycles. The Hall–Kier alpha value is -1.88. The summed E-state index contributed by atoms with van der Waals surface area (Å²) in [4.78, 5) is 89.0. The zero-order valence-electron chi connectivity index (χ0n) is 22.6. The van der Waals surface area contributed by atoms with Crippen LogP contribution in [-0.4, -0.2) is 246 Å². The molecular weight excluding hydrogens is 632 g/mol. The van der Waals surface area contributed by atoms with Gasteiger partial charge in [0.2, 0.25) is 0 Å². The molecule has 0 rings (SSSR count). The molecule has 0 aliphatic heterocycles. The number of carbonyl (C=O) groups is 8. The largest absolute Gasteiger partial charge is 2.00 e. The SMILES string of the molecule is O=C(O)CN(CCN(CC(=O)O)CC(=O)O)CC(=O)O.O=C([O-])CN(CC(=O)O)C[CH]([CaH])N(CC(=O)[O-])CC(=O)O.[Ca+2]. The summed E-state index contributed by atoms with van der Waals surface area (Å²) >= 11 is -0.0966. The summed E-state index contributed by atoms with van der Waals surface area (Å²) in [5.74, 6) is -10.3. The van der Waals surface area contributed by atoms with Gasteiger partial charge in [-0.2, -0.15) is 0 Å². The fourth-order valence-electron chi connectivity index (χ4n) is 3.23. The van der Waals surface area contributed by atoms with Crippen LogP contribution in [0.25, 0.3) is 0 Å². The Balaban J connectivity index is -0.000000708. The van der Waals surface area contributed by atoms with Crippen molar-refractivity contribution in [1.82, 2.24) is 19.6 Å². The summed E-state index contributed by atoms with van der Waals surface area (Å²) in [6.45, 7) is -4.68. The van der Waals surface area contributed by atoms with Crippen molar-refractivity contribution in [3.05, 3.63) is 0 Å². The Morgan fingerprint density at radius 1 is 0.500 bits per heavy atom. The predicted molar refractivity (Wildman–Crippen MR) is 133 cm³/mol. The smallest absolute Gasteiger partial charge is 2.00 e. The van der Waals surface area contributed by atoms with E-state index in [1.165, 1.54) is 0 Å². The minimum absolute atomic E-state index is 0. The van der Waals surface area contributed by atoms with Gasteiger partial charge >= 0.3 is 206 Å². The van der Waals surface area contributed by atoms with E-state index < -0.39 is 102 Å². The maximum Gasteiger partial charge on any atom is 2.00 e. The van der Waals surface area contributed by atoms with Gasteiger partial charge in [0.25, 0.3) is 0 Å². The normalized spacial score (nSPS) is 11.2. The van der Waals surface area contributed by atoms with Gasteiger partial charge in [-0.05, 0) is 0 Å². The van der Waals surface area contributed by atoms with Crippen LogP contribution in [0.4, 0.5) is 0 Å². The molecule has 0 aliphatic rings. The number of aliphatic carboxylic acids is 8. The van der Waals surface area contributed by atoms with Crippen LogP contribution in [0.5, 0.6) is 0 Å². The average molecular weight is 663 g/mol. The molecule has 1 unspecified atom stereocenters. The van der Waals surface area contributed by atoms with Gasteiger partial charge < -0.3 is 20.4 Å². The number of rotatable bonds is 22. The quantitative estimate of drug-likeness (QED) is 0.0586. The second-order valence-electron chi connectivity index (χ2n) is 8.45. The Labute approximate surface area is 291 Å². The van der Waals surface area contributed by atoms with Crippen molar-refractivity contribution in [3.63, 3.8) is 0 Å². The third-order valence-corrected chi connectivity index (χ3v) is 6.41. The van der Waals surface area contributed by atoms with Gasteiger partial charge in [0.1, 0.15) is 0 Å². The van der Waals surface area contributed by atoms with Crippen LogP contribution in [0.3, 0.4) is 0 Å². The van der Waals surface area contributed by atoms with Crippen molar-refractivity contribution in [3.8, 4) is 0 Å². The minimum atomic E-state index is -1.47. The summed E-state index contributed by atoms with van der Waals surface area (Å²) in [5.41, 5.74) is 0. The molecule has 1 atom stereocenters. The van der Waals surface area contributed by atoms with Crippen molar-refractivity contribution in [2.75, 3.05) is 72.0 Å². The standard InChI is InChI=1S/C10H16N2O8.C10H15N2O8.2Ca.H/c2*13-7(14)3-11(4-8(15)16)1-2-12(5-9(17)18)6-10(19)20;;;/h1-6H2,(H,13,14)(H,15,16)(H,17,18)(H,19,20);1H,2-6H2,(H,13,14)(H,15,16)(H,17,18)(H,19,20);;;/q;;;+2;/p-2. The first-order chi connectivity index (χ1) is 18.8. The maximum atomic E-state index is 10.7. The van der Waals surface area contributed by atoms with Gasteiger partial charge in [-0.25, -0.2) is 0 Å². The molecule has 0 radical (unpaired) electrons. The second-order valence-corrected chi connectivity index (χ2v) is 10.5. The predicted octanol–water partition coefficient (Wildman–Crippen LogP) is -7.97. The molecule has 20 nitrogen and oxygen atoms in total. The van der Waals surface area contributed by atoms with Gasteiger partial charge in [0.05, 0.1) is 26.2 Å². The number of carbonyl (C=O) groups excluding carboxylic acids is 2. The minimum Gasteiger partial charge on any atom is 2.00 e. The van der Waals surface area contributed by atoms with E-state index in [1.54, 1.807) is 0 Å². The van der Waals surface area contributed by atoms with E-state index in [1.807, 2.05) is 0 Å². The Morgan fingerprint density at radius 2 is 0.786 bits per heavy atom. The molecule has 0 spiro atoms. The molecule has 0 aromatic rings. The van der Waals surface area contributed by atoms with Crippen LogP contribution in [0.2, 0.25) is 0 Å². The zero-order chi connectivity index (χ0) is 32.3. The first kappa shape index (κ1) is 44.6. The van der Waals surface area contributed by atoms with Crippen LogP contribution in [0, 0.1) is 0 Å². The number of carboxylic acid groups (broad SMARTS) is 8. The fraction of sp³-hybridized carbons (Fsp3) is 0.600. The average Bonchev–Trinajstić information content (AvgIpc) is 2.74. The molecule has 0 saturated heterocycles. The van der Waals surface area contributed by atoms with E-state index in [9.17, 15) is 48.6 Å². The van der Waals surface area contributed by atoms with Crippen LogP contribution in [0.1, 0.15) is 0 Å². The summed E-state index contributed by atoms with van der Waals surface area (Å²) in [7, 11) is 0. The first-order valence-electron chi connectivity index (χ1n) is 11.4. The molecule has 0 aromatic heterocycles. The Kier molecular flexibility index (Phi) is 26.0. The Morgan fingerprint density at radius 3 is 1.05 bits per heavy atom. The van der Waals surface area contributed by atoms with E-state index in [4.69, 9.17) is 30.6 Å². The van der Waals surface area contributed by atoms with E-state index in [-0.39, 0.29) is 93.2 Å². The summed E-state index contributed by atoms with van der Waals surface area (Å²) in [6, 6.07) is 0. The summed E-state index contributed by atoms with van der Waals surface area (Å²) in [5, 5.41) is 73.0. The monoisotopic (exact) mass is 662 g/mol. The molecule has 0 saturated carbocycles. The topological polar surface area (TPSA) is 317 Å². The van der Waals surface area contributed by atoms with Crippen LogP contribution < -0.4 is 10.2 Å². The molecule has 22 heteroatoms. The molecule has 0 heterocycles. The third-order valence-electron chi connectivity index (χ3n) is 4.70. The molecule has 0 aromatic carbocycles. The first-order valence-corrected chi connectivity index (χ1v) is 13.2. The molecule has 6 N–H and O–H groups in total. The van der Waals surface area contributed by atoms with Crippen LogP contribution in [-0.2, 0) is 38.4 Å². The second kappa shape index (κ2) is 24.5. The zero-order valence-corrected chi connectivity index (χ0v) is 27.9. The fourth-order valence-corrected chi connectivity index (χ4v) is 4.61. The van der Waals surface area contributed by atoms with Crippen LogP contribution >= 0.6 is 0 Å². The van der Waals surface area contributed by atoms with Gasteiger partial charge in [0.15, 0.2) is 0 Å². The van der Waals surface area contributed by atoms with Crippen molar-refractivity contribution < 1.29 is 79.2 Å². The summed E-state index contributed by atoms with van der Waals surface area (Å²) in [6.07, 6.45) is 0. The molecule has 42 heavy (non-hydrogen) atoms. The molecule has 0 amide bonds. The molecule has 230 valence electrons. The molecular formula is C20H30Ca2N4O16. The van der Waals surface area contributed by atoms with Gasteiger partial charge in [0, 0.05) is 13.1 Å². The van der Waals surface area contributed by atoms with Crippen LogP contribution in [0.15, 0.2) is 0 Å². The molecule has 0 bridgehead atoms. The summed E-state index contributed by atoms with van der Waals surface area (Å²) < 4.78 is -0.523. The third kappa shape index (κ3) is 28.2. The number of hydrogen-bond acceptors (Lipinski definition) is 14. The van der Waals surface area contributed by atoms with Crippen molar-refractivity contribution in [2.24, 2.45) is 0 Å². The van der Waals surface area contributed by atoms with Crippen molar-refractivity contribution >= 4 is 121 Å². The van der Waals surface area contributed by atoms with Gasteiger partial charge in [-0.15, -0.1) is 0 Å². The number of nitrogens with zero attached hydrogens (tertiary/aromatic N) is 4. The van der Waals surface area contributed by atoms with Gasteiger partial charge in [-0.3, -0.25) is 29.0 Å².